The number of esters is 1. The first-order valence-corrected chi connectivity index (χ1v) is 11.8. The van der Waals surface area contributed by atoms with Gasteiger partial charge in [0, 0.05) is 17.0 Å². The molecule has 1 saturated heterocycles. The third kappa shape index (κ3) is 11.3. The monoisotopic (exact) mass is 558 g/mol. The number of carbonyl (C=O) groups excluding carboxylic acids is 2. The lowest BCUT2D eigenvalue weighted by Crippen LogP contribution is -3.00. The van der Waals surface area contributed by atoms with Crippen molar-refractivity contribution in [2.75, 3.05) is 39.8 Å². The van der Waals surface area contributed by atoms with Gasteiger partial charge in [0.25, 0.3) is 0 Å². The topological polar surface area (TPSA) is 46.6 Å². The number of hydrogen-bond acceptors (Lipinski definition) is 3. The third-order valence-electron chi connectivity index (χ3n) is 5.69. The Labute approximate surface area is 206 Å². The summed E-state index contributed by atoms with van der Waals surface area (Å²) in [4.78, 5) is 25.1. The molecule has 1 aliphatic rings. The maximum Gasteiger partial charge on any atom is 0.302 e. The van der Waals surface area contributed by atoms with E-state index in [0.717, 1.165) is 80.2 Å². The second-order valence-electron chi connectivity index (χ2n) is 8.48. The summed E-state index contributed by atoms with van der Waals surface area (Å²) < 4.78 is 7.01. The number of allylic oxidation sites excluding steroid dienone is 1. The number of rotatable bonds is 11. The van der Waals surface area contributed by atoms with Crippen molar-refractivity contribution < 1.29 is 35.8 Å². The molecular weight excluding hydrogens is 524 g/mol. The molecule has 1 heterocycles. The molecule has 1 aliphatic heterocycles. The maximum absolute atomic E-state index is 12.5. The minimum atomic E-state index is -0.202. The van der Waals surface area contributed by atoms with Gasteiger partial charge in [-0.2, -0.15) is 0 Å². The van der Waals surface area contributed by atoms with E-state index in [1.165, 1.54) is 12.5 Å². The molecule has 1 aromatic carbocycles. The molecule has 0 spiro atoms. The van der Waals surface area contributed by atoms with Crippen LogP contribution in [0.25, 0.3) is 0 Å². The van der Waals surface area contributed by atoms with Gasteiger partial charge < -0.3 is 31.1 Å². The van der Waals surface area contributed by atoms with Crippen LogP contribution < -0.4 is 17.0 Å². The second-order valence-corrected chi connectivity index (χ2v) is 9.39. The van der Waals surface area contributed by atoms with Crippen LogP contribution in [0.15, 0.2) is 40.9 Å². The number of amides is 1. The summed E-state index contributed by atoms with van der Waals surface area (Å²) in [5.74, 6) is -0.0575. The van der Waals surface area contributed by atoms with E-state index in [1.807, 2.05) is 11.0 Å². The molecule has 1 amide bonds. The lowest BCUT2D eigenvalue weighted by molar-refractivity contribution is -0.926. The molecule has 0 bridgehead atoms. The molecule has 1 fully saturated rings. The van der Waals surface area contributed by atoms with Crippen molar-refractivity contribution in [3.8, 4) is 0 Å². The fraction of sp³-hybridized carbons (Fsp3) is 0.583. The molecular formula is C24H36Br2N2O3. The Balaban J connectivity index is 0.00000480. The first-order chi connectivity index (χ1) is 14.4. The highest BCUT2D eigenvalue weighted by Gasteiger charge is 2.30. The highest BCUT2D eigenvalue weighted by molar-refractivity contribution is 9.10. The Bertz CT molecular complexity index is 699. The molecule has 0 saturated carbocycles. The zero-order valence-corrected chi connectivity index (χ0v) is 22.0. The van der Waals surface area contributed by atoms with Crippen molar-refractivity contribution in [1.29, 1.82) is 0 Å². The van der Waals surface area contributed by atoms with Gasteiger partial charge in [0.15, 0.2) is 0 Å². The number of ether oxygens (including phenoxy) is 1. The fourth-order valence-corrected chi connectivity index (χ4v) is 4.02. The standard InChI is InChI=1S/C24H36BrN2O3.BrH/c1-21(28)30-19-9-7-5-3-4-6-8-10-24(29)26-15-17-27(2,18-16-26)20-22-11-13-23(25)14-12-22;/h8,10-14H,3-7,9,15-20H2,1-2H3;1H/q+1;/p-1/b10-8+;. The van der Waals surface area contributed by atoms with Gasteiger partial charge in [0.05, 0.1) is 39.8 Å². The highest BCUT2D eigenvalue weighted by Crippen LogP contribution is 2.18. The molecule has 7 heteroatoms. The van der Waals surface area contributed by atoms with Gasteiger partial charge in [-0.25, -0.2) is 0 Å². The summed E-state index contributed by atoms with van der Waals surface area (Å²) in [7, 11) is 2.28. The molecule has 0 atom stereocenters. The van der Waals surface area contributed by atoms with Crippen LogP contribution in [0.1, 0.15) is 51.0 Å². The smallest absolute Gasteiger partial charge is 0.302 e. The van der Waals surface area contributed by atoms with Crippen LogP contribution in [0, 0.1) is 0 Å². The Morgan fingerprint density at radius 1 is 1.06 bits per heavy atom. The summed E-state index contributed by atoms with van der Waals surface area (Å²) in [6, 6.07) is 8.53. The van der Waals surface area contributed by atoms with Gasteiger partial charge in [0.2, 0.25) is 5.91 Å². The Morgan fingerprint density at radius 2 is 1.68 bits per heavy atom. The predicted molar refractivity (Wildman–Crippen MR) is 124 cm³/mol. The summed E-state index contributed by atoms with van der Waals surface area (Å²) in [5, 5.41) is 0. The molecule has 0 radical (unpaired) electrons. The summed E-state index contributed by atoms with van der Waals surface area (Å²) in [6.45, 7) is 6.59. The molecule has 5 nitrogen and oxygen atoms in total. The Hall–Kier alpha value is -1.18. The molecule has 0 aromatic heterocycles. The van der Waals surface area contributed by atoms with Crippen molar-refractivity contribution in [3.63, 3.8) is 0 Å². The number of hydrogen-bond donors (Lipinski definition) is 0. The number of unbranched alkanes of at least 4 members (excludes halogenated alkanes) is 5. The average molecular weight is 560 g/mol. The van der Waals surface area contributed by atoms with E-state index in [1.54, 1.807) is 6.08 Å². The quantitative estimate of drug-likeness (QED) is 0.179. The van der Waals surface area contributed by atoms with E-state index in [0.29, 0.717) is 6.61 Å². The van der Waals surface area contributed by atoms with E-state index in [-0.39, 0.29) is 28.9 Å². The number of benzene rings is 1. The maximum atomic E-state index is 12.5. The van der Waals surface area contributed by atoms with Crippen LogP contribution in [0.5, 0.6) is 0 Å². The van der Waals surface area contributed by atoms with Crippen LogP contribution >= 0.6 is 15.9 Å². The van der Waals surface area contributed by atoms with Gasteiger partial charge in [-0.1, -0.05) is 53.4 Å². The number of likely N-dealkylation sites (N-methyl/N-ethyl adjacent to an activating group) is 1. The minimum absolute atomic E-state index is 0. The van der Waals surface area contributed by atoms with E-state index >= 15 is 0 Å². The minimum Gasteiger partial charge on any atom is -1.00 e. The zero-order chi connectivity index (χ0) is 21.8. The van der Waals surface area contributed by atoms with Gasteiger partial charge >= 0.3 is 5.97 Å². The summed E-state index contributed by atoms with van der Waals surface area (Å²) in [6.07, 6.45) is 10.1. The van der Waals surface area contributed by atoms with Crippen LogP contribution in [0.4, 0.5) is 0 Å². The molecule has 0 N–H and O–H groups in total. The Kier molecular flexibility index (Phi) is 13.3. The molecule has 0 aliphatic carbocycles. The van der Waals surface area contributed by atoms with Crippen LogP contribution in [-0.4, -0.2) is 61.1 Å². The van der Waals surface area contributed by atoms with Crippen LogP contribution in [-0.2, 0) is 20.9 Å². The van der Waals surface area contributed by atoms with Gasteiger partial charge in [-0.3, -0.25) is 9.59 Å². The number of carbonyl (C=O) groups is 2. The first-order valence-electron chi connectivity index (χ1n) is 11.0. The predicted octanol–water partition coefficient (Wildman–Crippen LogP) is 1.70. The summed E-state index contributed by atoms with van der Waals surface area (Å²) >= 11 is 3.49. The van der Waals surface area contributed by atoms with E-state index in [2.05, 4.69) is 47.2 Å². The van der Waals surface area contributed by atoms with Crippen LogP contribution in [0.3, 0.4) is 0 Å². The van der Waals surface area contributed by atoms with E-state index < -0.39 is 0 Å². The number of halogens is 2. The SMILES string of the molecule is CC(=O)OCCCCCCC/C=C/C(=O)N1CC[N+](C)(Cc2ccc(Br)cc2)CC1.[Br-]. The molecule has 2 rings (SSSR count). The summed E-state index contributed by atoms with van der Waals surface area (Å²) in [5.41, 5.74) is 1.34. The fourth-order valence-electron chi connectivity index (χ4n) is 3.76. The van der Waals surface area contributed by atoms with Crippen molar-refractivity contribution >= 4 is 27.8 Å². The van der Waals surface area contributed by atoms with Crippen LogP contribution in [0.2, 0.25) is 0 Å². The Morgan fingerprint density at radius 3 is 2.32 bits per heavy atom. The highest BCUT2D eigenvalue weighted by atomic mass is 79.9. The van der Waals surface area contributed by atoms with Crippen molar-refractivity contribution in [1.82, 2.24) is 4.90 Å². The zero-order valence-electron chi connectivity index (χ0n) is 18.8. The lowest BCUT2D eigenvalue weighted by Gasteiger charge is -2.41. The molecule has 174 valence electrons. The average Bonchev–Trinajstić information content (AvgIpc) is 2.71. The second kappa shape index (κ2) is 14.8. The molecule has 0 unspecified atom stereocenters. The van der Waals surface area contributed by atoms with Crippen molar-refractivity contribution in [3.05, 3.63) is 46.5 Å². The third-order valence-corrected chi connectivity index (χ3v) is 6.22. The van der Waals surface area contributed by atoms with Crippen molar-refractivity contribution in [2.24, 2.45) is 0 Å². The van der Waals surface area contributed by atoms with E-state index in [4.69, 9.17) is 4.74 Å². The van der Waals surface area contributed by atoms with Gasteiger partial charge in [-0.05, 0) is 37.5 Å². The lowest BCUT2D eigenvalue weighted by atomic mass is 10.1. The van der Waals surface area contributed by atoms with Gasteiger partial charge in [-0.15, -0.1) is 0 Å². The van der Waals surface area contributed by atoms with Crippen molar-refractivity contribution in [2.45, 2.75) is 52.0 Å². The number of quaternary nitrogens is 1. The number of nitrogens with zero attached hydrogens (tertiary/aromatic N) is 2. The normalized spacial score (nSPS) is 15.5. The number of piperazine rings is 1. The first kappa shape index (κ1) is 27.9. The molecule has 31 heavy (non-hydrogen) atoms. The van der Waals surface area contributed by atoms with E-state index in [9.17, 15) is 9.59 Å². The van der Waals surface area contributed by atoms with Gasteiger partial charge in [0.1, 0.15) is 6.54 Å². The largest absolute Gasteiger partial charge is 1.00 e. The molecule has 1 aromatic rings.